The van der Waals surface area contributed by atoms with Crippen molar-refractivity contribution in [3.05, 3.63) is 0 Å². The minimum atomic E-state index is -0.659. The molecule has 0 fully saturated rings. The van der Waals surface area contributed by atoms with Gasteiger partial charge in [-0.05, 0) is 6.42 Å². The van der Waals surface area contributed by atoms with Crippen LogP contribution < -0.4 is 0 Å². The molecule has 0 aromatic rings. The molecule has 0 aromatic carbocycles. The summed E-state index contributed by atoms with van der Waals surface area (Å²) in [5.41, 5.74) is 0. The number of aliphatic carboxylic acids is 1. The second-order valence-electron chi connectivity index (χ2n) is 3.97. The molecule has 0 rings (SSSR count). The molecule has 0 spiro atoms. The molecule has 0 saturated heterocycles. The van der Waals surface area contributed by atoms with Gasteiger partial charge in [0.25, 0.3) is 0 Å². The molecule has 0 amide bonds. The highest BCUT2D eigenvalue weighted by Crippen LogP contribution is 2.10. The second kappa shape index (κ2) is 10.6. The van der Waals surface area contributed by atoms with Gasteiger partial charge in [0.15, 0.2) is 0 Å². The van der Waals surface area contributed by atoms with Gasteiger partial charge in [-0.3, -0.25) is 4.79 Å². The molecule has 0 aliphatic heterocycles. The first-order valence-electron chi connectivity index (χ1n) is 5.99. The third-order valence-electron chi connectivity index (χ3n) is 2.49. The standard InChI is InChI=1S/C12H24O2/c1-2-3-4-5-6-7-8-9-10-11-12(13)14/h2-11H2,1H3,(H,13,14)/i1+1. The minimum absolute atomic E-state index is 0.343. The van der Waals surface area contributed by atoms with E-state index in [2.05, 4.69) is 6.92 Å². The highest BCUT2D eigenvalue weighted by Gasteiger charge is 1.96. The third-order valence-corrected chi connectivity index (χ3v) is 2.49. The lowest BCUT2D eigenvalue weighted by atomic mass is 10.1. The highest BCUT2D eigenvalue weighted by molar-refractivity contribution is 5.66. The van der Waals surface area contributed by atoms with Gasteiger partial charge in [-0.15, -0.1) is 0 Å². The van der Waals surface area contributed by atoms with E-state index in [-0.39, 0.29) is 0 Å². The van der Waals surface area contributed by atoms with Gasteiger partial charge in [-0.2, -0.15) is 0 Å². The van der Waals surface area contributed by atoms with Crippen molar-refractivity contribution in [2.45, 2.75) is 71.1 Å². The Kier molecular flexibility index (Phi) is 10.2. The van der Waals surface area contributed by atoms with Crippen molar-refractivity contribution in [2.75, 3.05) is 0 Å². The Bertz CT molecular complexity index is 132. The Balaban J connectivity index is 2.88. The maximum atomic E-state index is 10.2. The zero-order valence-electron chi connectivity index (χ0n) is 9.43. The van der Waals surface area contributed by atoms with Crippen molar-refractivity contribution in [3.63, 3.8) is 0 Å². The maximum absolute atomic E-state index is 10.2. The summed E-state index contributed by atoms with van der Waals surface area (Å²) < 4.78 is 0. The molecule has 2 nitrogen and oxygen atoms in total. The molecule has 0 bridgehead atoms. The average Bonchev–Trinajstić information content (AvgIpc) is 2.15. The highest BCUT2D eigenvalue weighted by atomic mass is 16.4. The average molecular weight is 201 g/mol. The fraction of sp³-hybridized carbons (Fsp3) is 0.917. The van der Waals surface area contributed by atoms with E-state index in [9.17, 15) is 4.79 Å². The van der Waals surface area contributed by atoms with Crippen LogP contribution >= 0.6 is 0 Å². The lowest BCUT2D eigenvalue weighted by Crippen LogP contribution is -1.93. The van der Waals surface area contributed by atoms with Crippen LogP contribution in [0.1, 0.15) is 71.1 Å². The molecule has 0 atom stereocenters. The van der Waals surface area contributed by atoms with Crippen LogP contribution in [0.15, 0.2) is 0 Å². The van der Waals surface area contributed by atoms with Gasteiger partial charge in [-0.1, -0.05) is 58.3 Å². The third kappa shape index (κ3) is 11.5. The molecule has 0 saturated carbocycles. The van der Waals surface area contributed by atoms with E-state index in [1.165, 1.54) is 44.9 Å². The van der Waals surface area contributed by atoms with Crippen LogP contribution in [0.5, 0.6) is 0 Å². The second-order valence-corrected chi connectivity index (χ2v) is 3.97. The van der Waals surface area contributed by atoms with Crippen LogP contribution in [-0.4, -0.2) is 11.1 Å². The monoisotopic (exact) mass is 201 g/mol. The summed E-state index contributed by atoms with van der Waals surface area (Å²) in [6, 6.07) is 0. The van der Waals surface area contributed by atoms with Gasteiger partial charge in [-0.25, -0.2) is 0 Å². The van der Waals surface area contributed by atoms with E-state index in [4.69, 9.17) is 5.11 Å². The molecule has 0 aliphatic carbocycles. The van der Waals surface area contributed by atoms with E-state index in [0.29, 0.717) is 6.42 Å². The fourth-order valence-corrected chi connectivity index (χ4v) is 1.59. The van der Waals surface area contributed by atoms with Crippen molar-refractivity contribution < 1.29 is 9.90 Å². The van der Waals surface area contributed by atoms with Crippen molar-refractivity contribution in [1.29, 1.82) is 0 Å². The van der Waals surface area contributed by atoms with E-state index >= 15 is 0 Å². The Morgan fingerprint density at radius 2 is 1.29 bits per heavy atom. The maximum Gasteiger partial charge on any atom is 0.303 e. The molecular formula is C12H24O2. The molecule has 14 heavy (non-hydrogen) atoms. The van der Waals surface area contributed by atoms with Crippen molar-refractivity contribution in [2.24, 2.45) is 0 Å². The molecular weight excluding hydrogens is 177 g/mol. The topological polar surface area (TPSA) is 37.3 Å². The Hall–Kier alpha value is -0.530. The lowest BCUT2D eigenvalue weighted by molar-refractivity contribution is -0.137. The molecule has 84 valence electrons. The predicted octanol–water partition coefficient (Wildman–Crippen LogP) is 3.99. The largest absolute Gasteiger partial charge is 0.481 e. The SMILES string of the molecule is [13CH3]CCCCCCCCCCC(=O)O. The van der Waals surface area contributed by atoms with E-state index in [0.717, 1.165) is 12.8 Å². The molecule has 0 aromatic heterocycles. The number of hydrogen-bond acceptors (Lipinski definition) is 1. The van der Waals surface area contributed by atoms with Crippen LogP contribution in [0.25, 0.3) is 0 Å². The van der Waals surface area contributed by atoms with Crippen molar-refractivity contribution >= 4 is 5.97 Å². The number of carboxylic acids is 1. The normalized spacial score (nSPS) is 10.4. The number of unbranched alkanes of at least 4 members (excludes halogenated alkanes) is 8. The zero-order chi connectivity index (χ0) is 10.6. The van der Waals surface area contributed by atoms with E-state index in [1.54, 1.807) is 0 Å². The first-order valence-corrected chi connectivity index (χ1v) is 5.99. The van der Waals surface area contributed by atoms with Gasteiger partial charge < -0.3 is 5.11 Å². The summed E-state index contributed by atoms with van der Waals surface area (Å²) in [4.78, 5) is 10.2. The van der Waals surface area contributed by atoms with Gasteiger partial charge in [0.05, 0.1) is 0 Å². The molecule has 0 radical (unpaired) electrons. The van der Waals surface area contributed by atoms with Gasteiger partial charge in [0.1, 0.15) is 0 Å². The first-order chi connectivity index (χ1) is 6.77. The fourth-order valence-electron chi connectivity index (χ4n) is 1.59. The van der Waals surface area contributed by atoms with E-state index in [1.807, 2.05) is 0 Å². The number of rotatable bonds is 10. The molecule has 0 aliphatic rings. The first kappa shape index (κ1) is 13.5. The van der Waals surface area contributed by atoms with Crippen molar-refractivity contribution in [1.82, 2.24) is 0 Å². The summed E-state index contributed by atoms with van der Waals surface area (Å²) in [6.07, 6.45) is 11.5. The van der Waals surface area contributed by atoms with E-state index < -0.39 is 5.97 Å². The predicted molar refractivity (Wildman–Crippen MR) is 59.5 cm³/mol. The summed E-state index contributed by atoms with van der Waals surface area (Å²) in [5.74, 6) is -0.659. The van der Waals surface area contributed by atoms with Crippen molar-refractivity contribution in [3.8, 4) is 0 Å². The molecule has 2 heteroatoms. The number of carboxylic acid groups (broad SMARTS) is 1. The van der Waals surface area contributed by atoms with Gasteiger partial charge >= 0.3 is 5.97 Å². The number of hydrogen-bond donors (Lipinski definition) is 1. The van der Waals surface area contributed by atoms with Crippen LogP contribution in [-0.2, 0) is 4.79 Å². The van der Waals surface area contributed by atoms with Crippen LogP contribution in [0, 0.1) is 0 Å². The Morgan fingerprint density at radius 1 is 0.857 bits per heavy atom. The van der Waals surface area contributed by atoms with Crippen LogP contribution in [0.4, 0.5) is 0 Å². The Labute approximate surface area is 87.7 Å². The molecule has 1 N–H and O–H groups in total. The quantitative estimate of drug-likeness (QED) is 0.428. The zero-order valence-corrected chi connectivity index (χ0v) is 9.43. The summed E-state index contributed by atoms with van der Waals surface area (Å²) in [5, 5.41) is 8.41. The summed E-state index contributed by atoms with van der Waals surface area (Å²) >= 11 is 0. The minimum Gasteiger partial charge on any atom is -0.481 e. The Morgan fingerprint density at radius 3 is 1.71 bits per heavy atom. The summed E-state index contributed by atoms with van der Waals surface area (Å²) in [7, 11) is 0. The summed E-state index contributed by atoms with van der Waals surface area (Å²) in [6.45, 7) is 2.23. The lowest BCUT2D eigenvalue weighted by Gasteiger charge is -2.00. The smallest absolute Gasteiger partial charge is 0.303 e. The molecule has 0 unspecified atom stereocenters. The van der Waals surface area contributed by atoms with Gasteiger partial charge in [0.2, 0.25) is 0 Å². The number of carbonyl (C=O) groups is 1. The van der Waals surface area contributed by atoms with Crippen LogP contribution in [0.2, 0.25) is 0 Å². The van der Waals surface area contributed by atoms with Crippen LogP contribution in [0.3, 0.4) is 0 Å². The molecule has 0 heterocycles. The van der Waals surface area contributed by atoms with Gasteiger partial charge in [0, 0.05) is 6.42 Å².